The highest BCUT2D eigenvalue weighted by Gasteiger charge is 1.99. The van der Waals surface area contributed by atoms with E-state index in [0.717, 1.165) is 6.42 Å². The lowest BCUT2D eigenvalue weighted by molar-refractivity contribution is -0.136. The predicted molar refractivity (Wildman–Crippen MR) is 53.1 cm³/mol. The van der Waals surface area contributed by atoms with Crippen LogP contribution in [0.4, 0.5) is 4.79 Å². The van der Waals surface area contributed by atoms with Crippen LogP contribution in [0.2, 0.25) is 0 Å². The summed E-state index contributed by atoms with van der Waals surface area (Å²) in [5, 5.41) is 13.3. The molecule has 0 spiro atoms. The molecule has 0 saturated carbocycles. The maximum absolute atomic E-state index is 10.9. The van der Waals surface area contributed by atoms with Crippen LogP contribution in [0.1, 0.15) is 19.8 Å². The van der Waals surface area contributed by atoms with Crippen LogP contribution in [0, 0.1) is 0 Å². The quantitative estimate of drug-likeness (QED) is 0.553. The molecule has 0 aromatic carbocycles. The number of urea groups is 1. The molecule has 0 aromatic heterocycles. The number of hydrogen-bond acceptors (Lipinski definition) is 2. The molecule has 3 N–H and O–H groups in total. The largest absolute Gasteiger partial charge is 0.481 e. The van der Waals surface area contributed by atoms with Crippen LogP contribution in [-0.2, 0) is 4.79 Å². The Bertz CT molecular complexity index is 214. The summed E-state index contributed by atoms with van der Waals surface area (Å²) in [4.78, 5) is 21.0. The van der Waals surface area contributed by atoms with Gasteiger partial charge in [-0.3, -0.25) is 4.79 Å². The van der Waals surface area contributed by atoms with Crippen molar-refractivity contribution in [3.8, 4) is 0 Å². The van der Waals surface area contributed by atoms with E-state index in [1.807, 2.05) is 19.1 Å². The number of hydrogen-bond donors (Lipinski definition) is 3. The lowest BCUT2D eigenvalue weighted by atomic mass is 10.4. The first-order chi connectivity index (χ1) is 6.66. The van der Waals surface area contributed by atoms with E-state index in [1.165, 1.54) is 0 Å². The molecule has 0 radical (unpaired) electrons. The first-order valence-electron chi connectivity index (χ1n) is 4.55. The van der Waals surface area contributed by atoms with E-state index in [-0.39, 0.29) is 19.0 Å². The van der Waals surface area contributed by atoms with Gasteiger partial charge in [-0.05, 0) is 6.42 Å². The smallest absolute Gasteiger partial charge is 0.315 e. The van der Waals surface area contributed by atoms with Crippen LogP contribution >= 0.6 is 0 Å². The Kier molecular flexibility index (Phi) is 7.22. The molecule has 0 aliphatic heterocycles. The summed E-state index contributed by atoms with van der Waals surface area (Å²) >= 11 is 0. The minimum absolute atomic E-state index is 0.0573. The predicted octanol–water partition coefficient (Wildman–Crippen LogP) is 0.726. The molecule has 2 amide bonds. The summed E-state index contributed by atoms with van der Waals surface area (Å²) in [5.74, 6) is -0.920. The minimum Gasteiger partial charge on any atom is -0.481 e. The monoisotopic (exact) mass is 200 g/mol. The molecule has 0 aliphatic carbocycles. The maximum atomic E-state index is 10.9. The number of aliphatic carboxylic acids is 1. The molecule has 0 unspecified atom stereocenters. The summed E-state index contributed by atoms with van der Waals surface area (Å²) in [7, 11) is 0. The molecule has 14 heavy (non-hydrogen) atoms. The second kappa shape index (κ2) is 8.10. The van der Waals surface area contributed by atoms with Gasteiger partial charge in [0, 0.05) is 13.1 Å². The zero-order valence-electron chi connectivity index (χ0n) is 8.25. The van der Waals surface area contributed by atoms with E-state index in [9.17, 15) is 9.59 Å². The number of amides is 2. The molecule has 80 valence electrons. The normalized spacial score (nSPS) is 10.1. The molecule has 0 saturated heterocycles. The highest BCUT2D eigenvalue weighted by atomic mass is 16.4. The topological polar surface area (TPSA) is 78.4 Å². The van der Waals surface area contributed by atoms with Gasteiger partial charge < -0.3 is 15.7 Å². The summed E-state index contributed by atoms with van der Waals surface area (Å²) in [6, 6.07) is -0.341. The van der Waals surface area contributed by atoms with Crippen molar-refractivity contribution in [3.63, 3.8) is 0 Å². The summed E-state index contributed by atoms with van der Waals surface area (Å²) < 4.78 is 0. The van der Waals surface area contributed by atoms with Gasteiger partial charge in [0.1, 0.15) is 0 Å². The fourth-order valence-electron chi connectivity index (χ4n) is 0.747. The summed E-state index contributed by atoms with van der Waals surface area (Å²) in [5.41, 5.74) is 0. The summed E-state index contributed by atoms with van der Waals surface area (Å²) in [6.45, 7) is 2.62. The number of carboxylic acids is 1. The fraction of sp³-hybridized carbons (Fsp3) is 0.556. The third-order valence-electron chi connectivity index (χ3n) is 1.41. The van der Waals surface area contributed by atoms with Crippen LogP contribution in [0.3, 0.4) is 0 Å². The first-order valence-corrected chi connectivity index (χ1v) is 4.55. The van der Waals surface area contributed by atoms with Crippen LogP contribution in [0.25, 0.3) is 0 Å². The Labute approximate surface area is 83.2 Å². The van der Waals surface area contributed by atoms with Gasteiger partial charge in [-0.2, -0.15) is 0 Å². The van der Waals surface area contributed by atoms with E-state index in [4.69, 9.17) is 5.11 Å². The van der Waals surface area contributed by atoms with E-state index in [2.05, 4.69) is 10.6 Å². The molecular weight excluding hydrogens is 184 g/mol. The second-order valence-corrected chi connectivity index (χ2v) is 2.66. The van der Waals surface area contributed by atoms with E-state index >= 15 is 0 Å². The van der Waals surface area contributed by atoms with Crippen molar-refractivity contribution in [2.45, 2.75) is 19.8 Å². The molecule has 0 aromatic rings. The van der Waals surface area contributed by atoms with Gasteiger partial charge in [0.15, 0.2) is 0 Å². The molecule has 0 heterocycles. The van der Waals surface area contributed by atoms with E-state index in [0.29, 0.717) is 6.54 Å². The van der Waals surface area contributed by atoms with Crippen molar-refractivity contribution in [2.75, 3.05) is 13.1 Å². The Morgan fingerprint density at radius 2 is 2.00 bits per heavy atom. The third-order valence-corrected chi connectivity index (χ3v) is 1.41. The van der Waals surface area contributed by atoms with Crippen molar-refractivity contribution >= 4 is 12.0 Å². The highest BCUT2D eigenvalue weighted by Crippen LogP contribution is 1.78. The van der Waals surface area contributed by atoms with E-state index < -0.39 is 5.97 Å². The lowest BCUT2D eigenvalue weighted by Gasteiger charge is -2.03. The average Bonchev–Trinajstić information content (AvgIpc) is 2.12. The van der Waals surface area contributed by atoms with Gasteiger partial charge in [0.05, 0.1) is 6.42 Å². The number of carbonyl (C=O) groups excluding carboxylic acids is 1. The molecule has 0 aliphatic rings. The Balaban J connectivity index is 3.37. The highest BCUT2D eigenvalue weighted by molar-refractivity contribution is 5.75. The van der Waals surface area contributed by atoms with Crippen molar-refractivity contribution in [1.29, 1.82) is 0 Å². The zero-order chi connectivity index (χ0) is 10.8. The number of rotatable bonds is 6. The van der Waals surface area contributed by atoms with Crippen LogP contribution in [-0.4, -0.2) is 30.2 Å². The minimum atomic E-state index is -0.920. The van der Waals surface area contributed by atoms with Crippen molar-refractivity contribution in [3.05, 3.63) is 12.2 Å². The average molecular weight is 200 g/mol. The van der Waals surface area contributed by atoms with Crippen molar-refractivity contribution < 1.29 is 14.7 Å². The van der Waals surface area contributed by atoms with Gasteiger partial charge >= 0.3 is 12.0 Å². The zero-order valence-corrected chi connectivity index (χ0v) is 8.25. The molecule has 5 nitrogen and oxygen atoms in total. The molecule has 0 rings (SSSR count). The Hall–Kier alpha value is -1.52. The number of carbonyl (C=O) groups is 2. The summed E-state index contributed by atoms with van der Waals surface area (Å²) in [6.07, 6.45) is 4.66. The van der Waals surface area contributed by atoms with Gasteiger partial charge in [0.25, 0.3) is 0 Å². The second-order valence-electron chi connectivity index (χ2n) is 2.66. The van der Waals surface area contributed by atoms with Crippen LogP contribution in [0.15, 0.2) is 12.2 Å². The molecule has 0 bridgehead atoms. The number of carboxylic acid groups (broad SMARTS) is 1. The molecular formula is C9H16N2O3. The Morgan fingerprint density at radius 3 is 2.57 bits per heavy atom. The van der Waals surface area contributed by atoms with Gasteiger partial charge in [-0.15, -0.1) is 0 Å². The first kappa shape index (κ1) is 12.5. The van der Waals surface area contributed by atoms with Crippen molar-refractivity contribution in [1.82, 2.24) is 10.6 Å². The van der Waals surface area contributed by atoms with Crippen LogP contribution < -0.4 is 10.6 Å². The third kappa shape index (κ3) is 8.58. The van der Waals surface area contributed by atoms with E-state index in [1.54, 1.807) is 0 Å². The van der Waals surface area contributed by atoms with Gasteiger partial charge in [-0.25, -0.2) is 4.79 Å². The van der Waals surface area contributed by atoms with Crippen molar-refractivity contribution in [2.24, 2.45) is 0 Å². The van der Waals surface area contributed by atoms with Gasteiger partial charge in [0.2, 0.25) is 0 Å². The maximum Gasteiger partial charge on any atom is 0.315 e. The van der Waals surface area contributed by atoms with Gasteiger partial charge in [-0.1, -0.05) is 19.1 Å². The lowest BCUT2D eigenvalue weighted by Crippen LogP contribution is -2.36. The molecule has 0 atom stereocenters. The standard InChI is InChI=1S/C9H16N2O3/c1-2-3-4-6-10-9(14)11-7-5-8(12)13/h3-4H,2,5-7H2,1H3,(H,12,13)(H2,10,11,14)/b4-3+. The number of nitrogens with one attached hydrogen (secondary N) is 2. The Morgan fingerprint density at radius 1 is 1.29 bits per heavy atom. The SMILES string of the molecule is CC/C=C/CNC(=O)NCCC(=O)O. The molecule has 5 heteroatoms. The number of allylic oxidation sites excluding steroid dienone is 1. The molecule has 0 fully saturated rings. The van der Waals surface area contributed by atoms with Crippen LogP contribution in [0.5, 0.6) is 0 Å². The fourth-order valence-corrected chi connectivity index (χ4v) is 0.747.